The van der Waals surface area contributed by atoms with E-state index in [9.17, 15) is 9.59 Å². The van der Waals surface area contributed by atoms with Gasteiger partial charge in [-0.2, -0.15) is 0 Å². The minimum absolute atomic E-state index is 0.187. The minimum Gasteiger partial charge on any atom is -0.489 e. The lowest BCUT2D eigenvalue weighted by atomic mass is 9.90. The van der Waals surface area contributed by atoms with Gasteiger partial charge in [-0.15, -0.1) is 0 Å². The zero-order valence-corrected chi connectivity index (χ0v) is 15.7. The summed E-state index contributed by atoms with van der Waals surface area (Å²) < 4.78 is 5.89. The van der Waals surface area contributed by atoms with Gasteiger partial charge in [0.2, 0.25) is 11.8 Å². The molecular weight excluding hydrogens is 328 g/mol. The van der Waals surface area contributed by atoms with Crippen LogP contribution in [0, 0.1) is 5.41 Å². The molecule has 2 amide bonds. The van der Waals surface area contributed by atoms with Crippen molar-refractivity contribution in [3.8, 4) is 5.75 Å². The molecule has 0 N–H and O–H groups in total. The number of rotatable bonds is 4. The number of benzene rings is 2. The van der Waals surface area contributed by atoms with E-state index in [2.05, 4.69) is 0 Å². The first-order valence-electron chi connectivity index (χ1n) is 8.77. The number of amides is 2. The van der Waals surface area contributed by atoms with E-state index in [0.29, 0.717) is 24.6 Å². The summed E-state index contributed by atoms with van der Waals surface area (Å²) in [4.78, 5) is 28.9. The van der Waals surface area contributed by atoms with E-state index >= 15 is 0 Å². The molecule has 0 radical (unpaired) electrons. The number of hydrogen-bond acceptors (Lipinski definition) is 3. The van der Waals surface area contributed by atoms with Gasteiger partial charge >= 0.3 is 0 Å². The fourth-order valence-electron chi connectivity index (χ4n) is 3.21. The molecule has 0 saturated carbocycles. The summed E-state index contributed by atoms with van der Waals surface area (Å²) >= 11 is 0. The van der Waals surface area contributed by atoms with Crippen LogP contribution < -0.4 is 14.5 Å². The van der Waals surface area contributed by atoms with Gasteiger partial charge in [0.05, 0.1) is 11.4 Å². The molecule has 0 bridgehead atoms. The van der Waals surface area contributed by atoms with Crippen LogP contribution >= 0.6 is 0 Å². The standard InChI is InChI=1S/C21H24N2O3/c1-5-23-17-12-11-16(26-14-15-9-7-6-8-10-15)13-18(17)22(4)19(24)21(2,3)20(23)25/h6-13H,5,14H2,1-4H3. The van der Waals surface area contributed by atoms with Gasteiger partial charge in [0.15, 0.2) is 0 Å². The number of carbonyl (C=O) groups is 2. The lowest BCUT2D eigenvalue weighted by Crippen LogP contribution is -2.47. The van der Waals surface area contributed by atoms with Crippen molar-refractivity contribution in [2.24, 2.45) is 5.41 Å². The van der Waals surface area contributed by atoms with Gasteiger partial charge in [0.1, 0.15) is 17.8 Å². The Morgan fingerprint density at radius 2 is 1.65 bits per heavy atom. The lowest BCUT2D eigenvalue weighted by molar-refractivity contribution is -0.137. The van der Waals surface area contributed by atoms with Gasteiger partial charge in [0, 0.05) is 19.7 Å². The van der Waals surface area contributed by atoms with Gasteiger partial charge in [-0.1, -0.05) is 30.3 Å². The predicted octanol–water partition coefficient (Wildman–Crippen LogP) is 3.62. The maximum Gasteiger partial charge on any atom is 0.242 e. The van der Waals surface area contributed by atoms with Crippen LogP contribution in [0.5, 0.6) is 5.75 Å². The van der Waals surface area contributed by atoms with Crippen LogP contribution in [0.25, 0.3) is 0 Å². The van der Waals surface area contributed by atoms with Crippen LogP contribution in [-0.2, 0) is 16.2 Å². The van der Waals surface area contributed by atoms with Crippen molar-refractivity contribution in [1.82, 2.24) is 0 Å². The lowest BCUT2D eigenvalue weighted by Gasteiger charge is -2.27. The normalized spacial score (nSPS) is 16.3. The highest BCUT2D eigenvalue weighted by atomic mass is 16.5. The Kier molecular flexibility index (Phi) is 4.72. The molecule has 0 aliphatic carbocycles. The monoisotopic (exact) mass is 352 g/mol. The number of hydrogen-bond donors (Lipinski definition) is 0. The Balaban J connectivity index is 1.96. The number of nitrogens with zero attached hydrogens (tertiary/aromatic N) is 2. The molecule has 5 heteroatoms. The zero-order chi connectivity index (χ0) is 18.9. The second-order valence-electron chi connectivity index (χ2n) is 6.96. The first kappa shape index (κ1) is 18.0. The summed E-state index contributed by atoms with van der Waals surface area (Å²) in [6, 6.07) is 15.4. The second-order valence-corrected chi connectivity index (χ2v) is 6.96. The molecule has 2 aromatic rings. The molecule has 0 aromatic heterocycles. The molecule has 0 saturated heterocycles. The molecule has 3 rings (SSSR count). The SMILES string of the molecule is CCN1C(=O)C(C)(C)C(=O)N(C)c2cc(OCc3ccccc3)ccc21. The number of fused-ring (bicyclic) bond motifs is 1. The summed E-state index contributed by atoms with van der Waals surface area (Å²) in [5, 5.41) is 0. The van der Waals surface area contributed by atoms with Gasteiger partial charge in [-0.25, -0.2) is 0 Å². The molecule has 136 valence electrons. The van der Waals surface area contributed by atoms with Gasteiger partial charge in [-0.3, -0.25) is 9.59 Å². The van der Waals surface area contributed by atoms with Crippen molar-refractivity contribution in [2.45, 2.75) is 27.4 Å². The Bertz CT molecular complexity index is 830. The van der Waals surface area contributed by atoms with Crippen LogP contribution in [-0.4, -0.2) is 25.4 Å². The Hall–Kier alpha value is -2.82. The summed E-state index contributed by atoms with van der Waals surface area (Å²) in [6.45, 7) is 6.21. The number of carbonyl (C=O) groups excluding carboxylic acids is 2. The van der Waals surface area contributed by atoms with Crippen LogP contribution in [0.2, 0.25) is 0 Å². The Labute approximate surface area is 154 Å². The van der Waals surface area contributed by atoms with Gasteiger partial charge in [-0.05, 0) is 38.5 Å². The van der Waals surface area contributed by atoms with E-state index in [0.717, 1.165) is 11.3 Å². The van der Waals surface area contributed by atoms with E-state index in [1.165, 1.54) is 0 Å². The molecule has 0 spiro atoms. The van der Waals surface area contributed by atoms with Crippen molar-refractivity contribution in [1.29, 1.82) is 0 Å². The number of anilines is 2. The fraction of sp³-hybridized carbons (Fsp3) is 0.333. The van der Waals surface area contributed by atoms with Crippen LogP contribution in [0.3, 0.4) is 0 Å². The van der Waals surface area contributed by atoms with Crippen molar-refractivity contribution in [3.63, 3.8) is 0 Å². The zero-order valence-electron chi connectivity index (χ0n) is 15.7. The molecule has 5 nitrogen and oxygen atoms in total. The first-order chi connectivity index (χ1) is 12.4. The highest BCUT2D eigenvalue weighted by Gasteiger charge is 2.45. The van der Waals surface area contributed by atoms with E-state index in [-0.39, 0.29) is 11.8 Å². The number of ether oxygens (including phenoxy) is 1. The molecule has 0 unspecified atom stereocenters. The first-order valence-corrected chi connectivity index (χ1v) is 8.77. The van der Waals surface area contributed by atoms with E-state index in [1.54, 1.807) is 30.7 Å². The molecule has 2 aromatic carbocycles. The van der Waals surface area contributed by atoms with E-state index < -0.39 is 5.41 Å². The molecule has 1 heterocycles. The molecule has 1 aliphatic rings. The molecular formula is C21H24N2O3. The maximum absolute atomic E-state index is 12.9. The van der Waals surface area contributed by atoms with Crippen LogP contribution in [0.15, 0.2) is 48.5 Å². The highest BCUT2D eigenvalue weighted by molar-refractivity contribution is 6.20. The smallest absolute Gasteiger partial charge is 0.242 e. The van der Waals surface area contributed by atoms with Crippen molar-refractivity contribution in [2.75, 3.05) is 23.4 Å². The summed E-state index contributed by atoms with van der Waals surface area (Å²) in [5.74, 6) is 0.254. The van der Waals surface area contributed by atoms with Gasteiger partial charge in [0.25, 0.3) is 0 Å². The molecule has 1 aliphatic heterocycles. The average molecular weight is 352 g/mol. The van der Waals surface area contributed by atoms with Crippen molar-refractivity contribution >= 4 is 23.2 Å². The quantitative estimate of drug-likeness (QED) is 0.790. The summed E-state index contributed by atoms with van der Waals surface area (Å²) in [5.41, 5.74) is 1.38. The van der Waals surface area contributed by atoms with Crippen molar-refractivity contribution < 1.29 is 14.3 Å². The predicted molar refractivity (Wildman–Crippen MR) is 102 cm³/mol. The van der Waals surface area contributed by atoms with Crippen LogP contribution in [0.1, 0.15) is 26.3 Å². The third kappa shape index (κ3) is 3.05. The Morgan fingerprint density at radius 1 is 0.962 bits per heavy atom. The Morgan fingerprint density at radius 3 is 2.31 bits per heavy atom. The minimum atomic E-state index is -1.10. The molecule has 26 heavy (non-hydrogen) atoms. The van der Waals surface area contributed by atoms with E-state index in [4.69, 9.17) is 4.74 Å². The summed E-state index contributed by atoms with van der Waals surface area (Å²) in [7, 11) is 1.70. The van der Waals surface area contributed by atoms with Crippen LogP contribution in [0.4, 0.5) is 11.4 Å². The molecule has 0 fully saturated rings. The highest BCUT2D eigenvalue weighted by Crippen LogP contribution is 2.40. The van der Waals surface area contributed by atoms with Gasteiger partial charge < -0.3 is 14.5 Å². The van der Waals surface area contributed by atoms with Crippen molar-refractivity contribution in [3.05, 3.63) is 54.1 Å². The third-order valence-electron chi connectivity index (χ3n) is 4.78. The largest absolute Gasteiger partial charge is 0.489 e. The average Bonchev–Trinajstić information content (AvgIpc) is 2.71. The topological polar surface area (TPSA) is 49.9 Å². The molecule has 0 atom stereocenters. The maximum atomic E-state index is 12.9. The fourth-order valence-corrected chi connectivity index (χ4v) is 3.21. The van der Waals surface area contributed by atoms with E-state index in [1.807, 2.05) is 55.5 Å². The summed E-state index contributed by atoms with van der Waals surface area (Å²) in [6.07, 6.45) is 0. The third-order valence-corrected chi connectivity index (χ3v) is 4.78. The second kappa shape index (κ2) is 6.83.